The van der Waals surface area contributed by atoms with Gasteiger partial charge >= 0.3 is 0 Å². The van der Waals surface area contributed by atoms with E-state index in [1.165, 1.54) is 0 Å². The summed E-state index contributed by atoms with van der Waals surface area (Å²) in [6.45, 7) is 4.02. The van der Waals surface area contributed by atoms with E-state index in [9.17, 15) is 4.79 Å². The van der Waals surface area contributed by atoms with Crippen LogP contribution >= 0.6 is 0 Å². The van der Waals surface area contributed by atoms with E-state index in [-0.39, 0.29) is 5.56 Å². The molecule has 1 aromatic carbocycles. The summed E-state index contributed by atoms with van der Waals surface area (Å²) in [7, 11) is 0. The Balaban J connectivity index is 3.03. The van der Waals surface area contributed by atoms with Gasteiger partial charge in [-0.25, -0.2) is 0 Å². The highest BCUT2D eigenvalue weighted by Gasteiger charge is 2.00. The molecule has 66 valence electrons. The highest BCUT2D eigenvalue weighted by molar-refractivity contribution is 5.85. The van der Waals surface area contributed by atoms with Crippen molar-refractivity contribution in [3.8, 4) is 0 Å². The SMILES string of the molecule is Cc1cc(C)c2cc[nH]c(=O)c2c1. The van der Waals surface area contributed by atoms with Crippen molar-refractivity contribution in [1.82, 2.24) is 4.98 Å². The van der Waals surface area contributed by atoms with Crippen LogP contribution in [0.25, 0.3) is 10.8 Å². The Hall–Kier alpha value is -1.57. The number of hydrogen-bond acceptors (Lipinski definition) is 1. The monoisotopic (exact) mass is 173 g/mol. The molecule has 0 fully saturated rings. The van der Waals surface area contributed by atoms with Gasteiger partial charge in [-0.1, -0.05) is 11.6 Å². The maximum atomic E-state index is 11.4. The van der Waals surface area contributed by atoms with E-state index in [4.69, 9.17) is 0 Å². The summed E-state index contributed by atoms with van der Waals surface area (Å²) in [6.07, 6.45) is 1.69. The van der Waals surface area contributed by atoms with Crippen LogP contribution in [0.5, 0.6) is 0 Å². The third kappa shape index (κ3) is 1.24. The first kappa shape index (κ1) is 8.05. The number of pyridine rings is 1. The molecule has 2 nitrogen and oxygen atoms in total. The highest BCUT2D eigenvalue weighted by atomic mass is 16.1. The van der Waals surface area contributed by atoms with Gasteiger partial charge in [0.15, 0.2) is 0 Å². The van der Waals surface area contributed by atoms with Gasteiger partial charge in [0.05, 0.1) is 0 Å². The van der Waals surface area contributed by atoms with Gasteiger partial charge in [0.1, 0.15) is 0 Å². The predicted octanol–water partition coefficient (Wildman–Crippen LogP) is 2.14. The molecule has 0 radical (unpaired) electrons. The van der Waals surface area contributed by atoms with E-state index in [1.54, 1.807) is 6.20 Å². The molecule has 13 heavy (non-hydrogen) atoms. The summed E-state index contributed by atoms with van der Waals surface area (Å²) < 4.78 is 0. The molecule has 1 heterocycles. The van der Waals surface area contributed by atoms with Gasteiger partial charge in [0.25, 0.3) is 5.56 Å². The second kappa shape index (κ2) is 2.73. The van der Waals surface area contributed by atoms with Crippen LogP contribution in [-0.2, 0) is 0 Å². The largest absolute Gasteiger partial charge is 0.329 e. The number of nitrogens with one attached hydrogen (secondary N) is 1. The molecular weight excluding hydrogens is 162 g/mol. The quantitative estimate of drug-likeness (QED) is 0.650. The third-order valence-corrected chi connectivity index (χ3v) is 2.24. The van der Waals surface area contributed by atoms with E-state index in [2.05, 4.69) is 11.1 Å². The van der Waals surface area contributed by atoms with Crippen LogP contribution in [0.3, 0.4) is 0 Å². The molecule has 0 bridgehead atoms. The number of hydrogen-bond donors (Lipinski definition) is 1. The number of aryl methyl sites for hydroxylation is 2. The predicted molar refractivity (Wildman–Crippen MR) is 54.0 cm³/mol. The van der Waals surface area contributed by atoms with Crippen LogP contribution in [0.4, 0.5) is 0 Å². The van der Waals surface area contributed by atoms with E-state index in [0.717, 1.165) is 21.9 Å². The van der Waals surface area contributed by atoms with Crippen LogP contribution in [0.2, 0.25) is 0 Å². The van der Waals surface area contributed by atoms with Crippen LogP contribution in [0, 0.1) is 13.8 Å². The van der Waals surface area contributed by atoms with Crippen molar-refractivity contribution in [2.24, 2.45) is 0 Å². The van der Waals surface area contributed by atoms with Gasteiger partial charge in [-0.05, 0) is 36.9 Å². The number of rotatable bonds is 0. The Morgan fingerprint density at radius 2 is 1.92 bits per heavy atom. The maximum Gasteiger partial charge on any atom is 0.255 e. The maximum absolute atomic E-state index is 11.4. The van der Waals surface area contributed by atoms with E-state index in [1.807, 2.05) is 26.0 Å². The van der Waals surface area contributed by atoms with Crippen molar-refractivity contribution < 1.29 is 0 Å². The zero-order valence-electron chi connectivity index (χ0n) is 7.72. The number of benzene rings is 1. The first-order valence-electron chi connectivity index (χ1n) is 4.27. The minimum Gasteiger partial charge on any atom is -0.329 e. The van der Waals surface area contributed by atoms with Gasteiger partial charge in [-0.15, -0.1) is 0 Å². The summed E-state index contributed by atoms with van der Waals surface area (Å²) in [5, 5.41) is 1.81. The third-order valence-electron chi connectivity index (χ3n) is 2.24. The molecule has 0 spiro atoms. The molecule has 0 aliphatic heterocycles. The number of fused-ring (bicyclic) bond motifs is 1. The molecule has 0 atom stereocenters. The van der Waals surface area contributed by atoms with Crippen molar-refractivity contribution in [1.29, 1.82) is 0 Å². The lowest BCUT2D eigenvalue weighted by Gasteiger charge is -2.02. The summed E-state index contributed by atoms with van der Waals surface area (Å²) in [6, 6.07) is 5.94. The van der Waals surface area contributed by atoms with Gasteiger partial charge in [0.2, 0.25) is 0 Å². The van der Waals surface area contributed by atoms with E-state index in [0.29, 0.717) is 0 Å². The van der Waals surface area contributed by atoms with Gasteiger partial charge in [0, 0.05) is 11.6 Å². The number of aromatic amines is 1. The minimum atomic E-state index is -0.00991. The van der Waals surface area contributed by atoms with Crippen LogP contribution in [0.15, 0.2) is 29.2 Å². The molecule has 1 aromatic heterocycles. The lowest BCUT2D eigenvalue weighted by atomic mass is 10.0. The van der Waals surface area contributed by atoms with Gasteiger partial charge in [-0.2, -0.15) is 0 Å². The molecule has 0 amide bonds. The molecule has 1 N–H and O–H groups in total. The topological polar surface area (TPSA) is 32.9 Å². The normalized spacial score (nSPS) is 10.6. The summed E-state index contributed by atoms with van der Waals surface area (Å²) in [4.78, 5) is 14.1. The average molecular weight is 173 g/mol. The van der Waals surface area contributed by atoms with Crippen LogP contribution in [0.1, 0.15) is 11.1 Å². The standard InChI is InChI=1S/C11H11NO/c1-7-5-8(2)9-3-4-12-11(13)10(9)6-7/h3-6H,1-2H3,(H,12,13). The average Bonchev–Trinajstić information content (AvgIpc) is 2.07. The van der Waals surface area contributed by atoms with Gasteiger partial charge < -0.3 is 4.98 Å². The molecular formula is C11H11NO. The lowest BCUT2D eigenvalue weighted by Crippen LogP contribution is -2.05. The molecule has 0 aliphatic carbocycles. The summed E-state index contributed by atoms with van der Waals surface area (Å²) in [5.41, 5.74) is 2.27. The Morgan fingerprint density at radius 1 is 1.15 bits per heavy atom. The van der Waals surface area contributed by atoms with Crippen molar-refractivity contribution in [3.05, 3.63) is 45.9 Å². The Kier molecular flexibility index (Phi) is 1.69. The summed E-state index contributed by atoms with van der Waals surface area (Å²) >= 11 is 0. The zero-order valence-corrected chi connectivity index (χ0v) is 7.72. The van der Waals surface area contributed by atoms with E-state index < -0.39 is 0 Å². The molecule has 0 saturated heterocycles. The first-order chi connectivity index (χ1) is 6.18. The molecule has 0 aliphatic rings. The van der Waals surface area contributed by atoms with Crippen LogP contribution in [-0.4, -0.2) is 4.98 Å². The molecule has 2 aromatic rings. The fraction of sp³-hybridized carbons (Fsp3) is 0.182. The summed E-state index contributed by atoms with van der Waals surface area (Å²) in [5.74, 6) is 0. The lowest BCUT2D eigenvalue weighted by molar-refractivity contribution is 1.27. The minimum absolute atomic E-state index is 0.00991. The molecule has 2 heteroatoms. The molecule has 0 saturated carbocycles. The Bertz CT molecular complexity index is 511. The second-order valence-corrected chi connectivity index (χ2v) is 3.35. The zero-order chi connectivity index (χ0) is 9.42. The van der Waals surface area contributed by atoms with Crippen molar-refractivity contribution in [2.75, 3.05) is 0 Å². The Morgan fingerprint density at radius 3 is 2.69 bits per heavy atom. The fourth-order valence-electron chi connectivity index (χ4n) is 1.67. The van der Waals surface area contributed by atoms with Crippen molar-refractivity contribution in [3.63, 3.8) is 0 Å². The number of H-pyrrole nitrogens is 1. The van der Waals surface area contributed by atoms with Crippen molar-refractivity contribution in [2.45, 2.75) is 13.8 Å². The molecule has 2 rings (SSSR count). The van der Waals surface area contributed by atoms with Crippen LogP contribution < -0.4 is 5.56 Å². The number of aromatic nitrogens is 1. The van der Waals surface area contributed by atoms with Gasteiger partial charge in [-0.3, -0.25) is 4.79 Å². The second-order valence-electron chi connectivity index (χ2n) is 3.35. The Labute approximate surface area is 76.2 Å². The van der Waals surface area contributed by atoms with Crippen molar-refractivity contribution >= 4 is 10.8 Å². The highest BCUT2D eigenvalue weighted by Crippen LogP contribution is 2.16. The molecule has 0 unspecified atom stereocenters. The first-order valence-corrected chi connectivity index (χ1v) is 4.27. The smallest absolute Gasteiger partial charge is 0.255 e. The fourth-order valence-corrected chi connectivity index (χ4v) is 1.67. The van der Waals surface area contributed by atoms with E-state index >= 15 is 0 Å².